The van der Waals surface area contributed by atoms with Gasteiger partial charge in [0, 0.05) is 5.41 Å². The molecule has 0 aromatic rings. The summed E-state index contributed by atoms with van der Waals surface area (Å²) in [7, 11) is 0. The van der Waals surface area contributed by atoms with Gasteiger partial charge in [-0.15, -0.1) is 6.58 Å². The molecule has 0 bridgehead atoms. The average Bonchev–Trinajstić information content (AvgIpc) is 2.36. The Morgan fingerprint density at radius 2 is 1.90 bits per heavy atom. The van der Waals surface area contributed by atoms with Crippen LogP contribution in [0.15, 0.2) is 24.3 Å². The van der Waals surface area contributed by atoms with Gasteiger partial charge in [-0.3, -0.25) is 0 Å². The number of rotatable bonds is 1. The van der Waals surface area contributed by atoms with Crippen LogP contribution < -0.4 is 0 Å². The fourth-order valence-electron chi connectivity index (χ4n) is 6.19. The minimum atomic E-state index is -0.167. The van der Waals surface area contributed by atoms with E-state index in [-0.39, 0.29) is 22.3 Å². The highest BCUT2D eigenvalue weighted by atomic mass is 16.3. The highest BCUT2D eigenvalue weighted by Crippen LogP contribution is 2.63. The highest BCUT2D eigenvalue weighted by Gasteiger charge is 2.57. The Morgan fingerprint density at radius 3 is 2.57 bits per heavy atom. The van der Waals surface area contributed by atoms with Crippen LogP contribution in [-0.4, -0.2) is 11.2 Å². The molecule has 0 aromatic heterocycles. The molecule has 2 fully saturated rings. The first-order chi connectivity index (χ1) is 9.72. The van der Waals surface area contributed by atoms with Crippen molar-refractivity contribution in [1.29, 1.82) is 0 Å². The first-order valence-corrected chi connectivity index (χ1v) is 8.75. The van der Waals surface area contributed by atoms with Gasteiger partial charge in [-0.2, -0.15) is 0 Å². The molecule has 21 heavy (non-hydrogen) atoms. The summed E-state index contributed by atoms with van der Waals surface area (Å²) >= 11 is 0. The molecule has 3 aliphatic carbocycles. The summed E-state index contributed by atoms with van der Waals surface area (Å²) in [4.78, 5) is 0. The molecule has 0 amide bonds. The molecule has 0 heterocycles. The zero-order valence-electron chi connectivity index (χ0n) is 14.3. The second-order valence-electron chi connectivity index (χ2n) is 9.12. The molecule has 118 valence electrons. The first kappa shape index (κ1) is 15.3. The predicted octanol–water partition coefficient (Wildman–Crippen LogP) is 5.11. The summed E-state index contributed by atoms with van der Waals surface area (Å²) in [6.07, 6.45) is 11.6. The van der Waals surface area contributed by atoms with Crippen molar-refractivity contribution in [3.8, 4) is 0 Å². The third kappa shape index (κ3) is 2.23. The van der Waals surface area contributed by atoms with Crippen molar-refractivity contribution in [3.05, 3.63) is 24.3 Å². The Hall–Kier alpha value is -0.560. The zero-order chi connectivity index (χ0) is 15.5. The number of aliphatic hydroxyl groups is 1. The van der Waals surface area contributed by atoms with Crippen LogP contribution in [0.3, 0.4) is 0 Å². The van der Waals surface area contributed by atoms with E-state index in [0.29, 0.717) is 11.8 Å². The predicted molar refractivity (Wildman–Crippen MR) is 89.0 cm³/mol. The number of aliphatic hydroxyl groups excluding tert-OH is 1. The lowest BCUT2D eigenvalue weighted by atomic mass is 9.45. The van der Waals surface area contributed by atoms with Gasteiger partial charge in [0.2, 0.25) is 0 Å². The molecule has 3 aliphatic rings. The van der Waals surface area contributed by atoms with Gasteiger partial charge in [-0.1, -0.05) is 51.8 Å². The number of hydrogen-bond donors (Lipinski definition) is 1. The molecule has 0 aromatic carbocycles. The maximum Gasteiger partial charge on any atom is 0.0616 e. The van der Waals surface area contributed by atoms with Gasteiger partial charge in [0.15, 0.2) is 0 Å². The normalized spacial score (nSPS) is 48.8. The topological polar surface area (TPSA) is 20.2 Å². The summed E-state index contributed by atoms with van der Waals surface area (Å²) < 4.78 is 0. The van der Waals surface area contributed by atoms with Gasteiger partial charge in [0.1, 0.15) is 0 Å². The van der Waals surface area contributed by atoms with E-state index in [2.05, 4.69) is 46.4 Å². The standard InChI is InChI=1S/C20H32O/c1-6-19(4)11-8-15-14(13-19)12-16(21)17-18(2,3)9-7-10-20(15,17)5/h6,13,15-17,21H,1,7-12H2,2-5H3/t15-,16-,17+,19-,20+/m0/s1. The van der Waals surface area contributed by atoms with E-state index in [1.807, 2.05) is 0 Å². The summed E-state index contributed by atoms with van der Waals surface area (Å²) in [5.41, 5.74) is 2.22. The molecule has 0 aliphatic heterocycles. The van der Waals surface area contributed by atoms with Gasteiger partial charge in [-0.05, 0) is 54.8 Å². The Morgan fingerprint density at radius 1 is 1.19 bits per heavy atom. The fourth-order valence-corrected chi connectivity index (χ4v) is 6.19. The number of fused-ring (bicyclic) bond motifs is 3. The van der Waals surface area contributed by atoms with E-state index in [1.165, 1.54) is 37.7 Å². The molecule has 0 saturated heterocycles. The van der Waals surface area contributed by atoms with Crippen molar-refractivity contribution < 1.29 is 5.11 Å². The van der Waals surface area contributed by atoms with Gasteiger partial charge in [0.25, 0.3) is 0 Å². The first-order valence-electron chi connectivity index (χ1n) is 8.75. The Bertz CT molecular complexity index is 474. The van der Waals surface area contributed by atoms with Crippen LogP contribution in [0.4, 0.5) is 0 Å². The van der Waals surface area contributed by atoms with E-state index in [4.69, 9.17) is 0 Å². The Balaban J connectivity index is 2.03. The molecule has 1 nitrogen and oxygen atoms in total. The Labute approximate surface area is 130 Å². The third-order valence-corrected chi connectivity index (χ3v) is 7.12. The smallest absolute Gasteiger partial charge is 0.0616 e. The maximum absolute atomic E-state index is 10.9. The maximum atomic E-state index is 10.9. The molecular formula is C20H32O. The average molecular weight is 288 g/mol. The Kier molecular flexibility index (Phi) is 3.44. The minimum absolute atomic E-state index is 0.138. The molecule has 2 saturated carbocycles. The van der Waals surface area contributed by atoms with Crippen LogP contribution in [0.25, 0.3) is 0 Å². The minimum Gasteiger partial charge on any atom is -0.392 e. The molecule has 0 spiro atoms. The van der Waals surface area contributed by atoms with Crippen LogP contribution in [0, 0.1) is 28.1 Å². The molecule has 3 rings (SSSR count). The number of allylic oxidation sites excluding steroid dienone is 2. The van der Waals surface area contributed by atoms with E-state index >= 15 is 0 Å². The third-order valence-electron chi connectivity index (χ3n) is 7.12. The molecule has 0 radical (unpaired) electrons. The summed E-state index contributed by atoms with van der Waals surface area (Å²) in [5.74, 6) is 1.13. The van der Waals surface area contributed by atoms with Crippen molar-refractivity contribution >= 4 is 0 Å². The van der Waals surface area contributed by atoms with Gasteiger partial charge in [-0.25, -0.2) is 0 Å². The lowest BCUT2D eigenvalue weighted by Crippen LogP contribution is -2.56. The van der Waals surface area contributed by atoms with Crippen LogP contribution in [0.2, 0.25) is 0 Å². The van der Waals surface area contributed by atoms with Crippen molar-refractivity contribution in [3.63, 3.8) is 0 Å². The van der Waals surface area contributed by atoms with Crippen molar-refractivity contribution in [2.24, 2.45) is 28.1 Å². The van der Waals surface area contributed by atoms with E-state index in [1.54, 1.807) is 0 Å². The SMILES string of the molecule is C=C[C@]1(C)C=C2C[C@H](O)[C@@H]3C(C)(C)CCC[C@]3(C)[C@H]2CC1. The molecule has 1 heteroatoms. The zero-order valence-corrected chi connectivity index (χ0v) is 14.3. The second kappa shape index (κ2) is 4.72. The summed E-state index contributed by atoms with van der Waals surface area (Å²) in [6, 6.07) is 0. The number of hydrogen-bond acceptors (Lipinski definition) is 1. The van der Waals surface area contributed by atoms with Crippen molar-refractivity contribution in [1.82, 2.24) is 0 Å². The lowest BCUT2D eigenvalue weighted by Gasteiger charge is -2.61. The highest BCUT2D eigenvalue weighted by molar-refractivity contribution is 5.27. The summed E-state index contributed by atoms with van der Waals surface area (Å²) in [6.45, 7) is 13.5. The van der Waals surface area contributed by atoms with Gasteiger partial charge in [0.05, 0.1) is 6.10 Å². The fraction of sp³-hybridized carbons (Fsp3) is 0.800. The molecular weight excluding hydrogens is 256 g/mol. The second-order valence-corrected chi connectivity index (χ2v) is 9.12. The van der Waals surface area contributed by atoms with Gasteiger partial charge >= 0.3 is 0 Å². The van der Waals surface area contributed by atoms with E-state index in [9.17, 15) is 5.11 Å². The molecule has 0 unspecified atom stereocenters. The summed E-state index contributed by atoms with van der Waals surface area (Å²) in [5, 5.41) is 10.9. The van der Waals surface area contributed by atoms with Gasteiger partial charge < -0.3 is 5.11 Å². The van der Waals surface area contributed by atoms with Crippen molar-refractivity contribution in [2.45, 2.75) is 72.3 Å². The quantitative estimate of drug-likeness (QED) is 0.665. The molecule has 5 atom stereocenters. The van der Waals surface area contributed by atoms with Crippen molar-refractivity contribution in [2.75, 3.05) is 0 Å². The lowest BCUT2D eigenvalue weighted by molar-refractivity contribution is -0.124. The van der Waals surface area contributed by atoms with Crippen LogP contribution in [0.1, 0.15) is 66.2 Å². The van der Waals surface area contributed by atoms with Crippen LogP contribution >= 0.6 is 0 Å². The monoisotopic (exact) mass is 288 g/mol. The largest absolute Gasteiger partial charge is 0.392 e. The molecule has 1 N–H and O–H groups in total. The van der Waals surface area contributed by atoms with E-state index in [0.717, 1.165) is 6.42 Å². The van der Waals surface area contributed by atoms with Crippen LogP contribution in [-0.2, 0) is 0 Å². The van der Waals surface area contributed by atoms with Crippen LogP contribution in [0.5, 0.6) is 0 Å². The van der Waals surface area contributed by atoms with E-state index < -0.39 is 0 Å².